The van der Waals surface area contributed by atoms with Crippen molar-refractivity contribution in [3.8, 4) is 0 Å². The minimum atomic E-state index is 0.581. The number of likely N-dealkylation sites (N-methyl/N-ethyl adjacent to an activating group) is 1. The molecule has 0 radical (unpaired) electrons. The molecule has 5 nitrogen and oxygen atoms in total. The number of benzene rings is 1. The molecule has 0 amide bonds. The molecule has 1 unspecified atom stereocenters. The van der Waals surface area contributed by atoms with Crippen molar-refractivity contribution >= 4 is 11.5 Å². The number of hydrogen-bond donors (Lipinski definition) is 1. The third kappa shape index (κ3) is 6.58. The molecule has 0 bridgehead atoms. The number of nitrogens with zero attached hydrogens (tertiary/aromatic N) is 4. The van der Waals surface area contributed by atoms with Gasteiger partial charge in [-0.3, -0.25) is 4.99 Å². The largest absolute Gasteiger partial charge is 0.357 e. The summed E-state index contributed by atoms with van der Waals surface area (Å²) in [6, 6.07) is 10.8. The van der Waals surface area contributed by atoms with Gasteiger partial charge in [0, 0.05) is 58.9 Å². The van der Waals surface area contributed by atoms with Crippen molar-refractivity contribution in [1.29, 1.82) is 0 Å². The van der Waals surface area contributed by atoms with E-state index >= 15 is 0 Å². The molecule has 1 N–H and O–H groups in total. The topological polar surface area (TPSA) is 34.1 Å². The smallest absolute Gasteiger partial charge is 0.194 e. The third-order valence-electron chi connectivity index (χ3n) is 6.02. The Morgan fingerprint density at radius 1 is 1.03 bits per heavy atom. The highest BCUT2D eigenvalue weighted by molar-refractivity contribution is 5.81. The molecule has 1 atom stereocenters. The Kier molecular flexibility index (Phi) is 8.56. The van der Waals surface area contributed by atoms with Crippen LogP contribution >= 0.6 is 0 Å². The summed E-state index contributed by atoms with van der Waals surface area (Å²) in [6.45, 7) is 17.6. The maximum absolute atomic E-state index is 5.00. The standard InChI is InChI=1S/C24H39N5/c1-4-25-24(26-19-21(3)20-28-17-15-27(5-2)16-18-28)29-13-11-23(12-14-29)22-9-7-6-8-10-22/h6-11,21H,4-5,12-20H2,1-3H3,(H,25,26). The zero-order valence-corrected chi connectivity index (χ0v) is 18.6. The van der Waals surface area contributed by atoms with Crippen LogP contribution in [0.5, 0.6) is 0 Å². The van der Waals surface area contributed by atoms with Gasteiger partial charge in [0.2, 0.25) is 0 Å². The van der Waals surface area contributed by atoms with E-state index in [1.165, 1.54) is 43.9 Å². The van der Waals surface area contributed by atoms with Crippen LogP contribution in [0.25, 0.3) is 5.57 Å². The predicted octanol–water partition coefficient (Wildman–Crippen LogP) is 3.01. The van der Waals surface area contributed by atoms with Crippen LogP contribution in [0.15, 0.2) is 41.4 Å². The minimum absolute atomic E-state index is 0.581. The summed E-state index contributed by atoms with van der Waals surface area (Å²) in [5.41, 5.74) is 2.81. The van der Waals surface area contributed by atoms with Crippen LogP contribution in [0.2, 0.25) is 0 Å². The van der Waals surface area contributed by atoms with Crippen LogP contribution in [-0.4, -0.2) is 86.1 Å². The van der Waals surface area contributed by atoms with Crippen molar-refractivity contribution in [2.24, 2.45) is 10.9 Å². The van der Waals surface area contributed by atoms with E-state index in [1.807, 2.05) is 0 Å². The van der Waals surface area contributed by atoms with Crippen molar-refractivity contribution in [1.82, 2.24) is 20.0 Å². The molecule has 2 aliphatic heterocycles. The summed E-state index contributed by atoms with van der Waals surface area (Å²) in [5.74, 6) is 1.65. The monoisotopic (exact) mass is 397 g/mol. The first-order valence-corrected chi connectivity index (χ1v) is 11.4. The zero-order valence-electron chi connectivity index (χ0n) is 18.6. The number of aliphatic imine (C=N–C) groups is 1. The van der Waals surface area contributed by atoms with Crippen molar-refractivity contribution in [2.45, 2.75) is 27.2 Å². The molecule has 1 aromatic rings. The van der Waals surface area contributed by atoms with E-state index in [0.717, 1.165) is 45.1 Å². The van der Waals surface area contributed by atoms with Crippen molar-refractivity contribution < 1.29 is 0 Å². The maximum atomic E-state index is 5.00. The third-order valence-corrected chi connectivity index (χ3v) is 6.02. The van der Waals surface area contributed by atoms with Crippen LogP contribution in [-0.2, 0) is 0 Å². The van der Waals surface area contributed by atoms with E-state index in [-0.39, 0.29) is 0 Å². The molecule has 2 aliphatic rings. The first-order chi connectivity index (χ1) is 14.2. The summed E-state index contributed by atoms with van der Waals surface area (Å²) in [4.78, 5) is 12.5. The minimum Gasteiger partial charge on any atom is -0.357 e. The molecule has 0 saturated carbocycles. The zero-order chi connectivity index (χ0) is 20.5. The van der Waals surface area contributed by atoms with E-state index in [4.69, 9.17) is 4.99 Å². The SMILES string of the molecule is CCNC(=NCC(C)CN1CCN(CC)CC1)N1CC=C(c2ccccc2)CC1. The molecule has 1 saturated heterocycles. The average Bonchev–Trinajstić information content (AvgIpc) is 2.78. The highest BCUT2D eigenvalue weighted by Gasteiger charge is 2.19. The number of rotatable bonds is 7. The van der Waals surface area contributed by atoms with Crippen LogP contribution in [0.1, 0.15) is 32.8 Å². The van der Waals surface area contributed by atoms with Gasteiger partial charge in [0.25, 0.3) is 0 Å². The van der Waals surface area contributed by atoms with Gasteiger partial charge < -0.3 is 20.0 Å². The fourth-order valence-corrected chi connectivity index (χ4v) is 4.23. The van der Waals surface area contributed by atoms with Crippen molar-refractivity contribution in [3.63, 3.8) is 0 Å². The molecule has 5 heteroatoms. The lowest BCUT2D eigenvalue weighted by Gasteiger charge is -2.35. The Balaban J connectivity index is 1.51. The molecular weight excluding hydrogens is 358 g/mol. The summed E-state index contributed by atoms with van der Waals surface area (Å²) in [7, 11) is 0. The van der Waals surface area contributed by atoms with Gasteiger partial charge in [0.05, 0.1) is 0 Å². The molecule has 0 aromatic heterocycles. The van der Waals surface area contributed by atoms with Crippen molar-refractivity contribution in [2.75, 3.05) is 65.4 Å². The van der Waals surface area contributed by atoms with E-state index in [0.29, 0.717) is 5.92 Å². The quantitative estimate of drug-likeness (QED) is 0.567. The molecule has 0 spiro atoms. The highest BCUT2D eigenvalue weighted by Crippen LogP contribution is 2.22. The molecule has 160 valence electrons. The van der Waals surface area contributed by atoms with Crippen molar-refractivity contribution in [3.05, 3.63) is 42.0 Å². The van der Waals surface area contributed by atoms with Gasteiger partial charge in [0.15, 0.2) is 5.96 Å². The van der Waals surface area contributed by atoms with Gasteiger partial charge in [0.1, 0.15) is 0 Å². The average molecular weight is 398 g/mol. The van der Waals surface area contributed by atoms with Gasteiger partial charge in [-0.15, -0.1) is 0 Å². The summed E-state index contributed by atoms with van der Waals surface area (Å²) in [6.07, 6.45) is 3.44. The Hall–Kier alpha value is -1.85. The summed E-state index contributed by atoms with van der Waals surface area (Å²) < 4.78 is 0. The Morgan fingerprint density at radius 2 is 1.76 bits per heavy atom. The van der Waals surface area contributed by atoms with Crippen LogP contribution in [0.4, 0.5) is 0 Å². The lowest BCUT2D eigenvalue weighted by Crippen LogP contribution is -2.47. The van der Waals surface area contributed by atoms with Crippen LogP contribution in [0.3, 0.4) is 0 Å². The lowest BCUT2D eigenvalue weighted by molar-refractivity contribution is 0.125. The number of nitrogens with one attached hydrogen (secondary N) is 1. The second-order valence-electron chi connectivity index (χ2n) is 8.33. The second-order valence-corrected chi connectivity index (χ2v) is 8.33. The van der Waals surface area contributed by atoms with Crippen LogP contribution < -0.4 is 5.32 Å². The van der Waals surface area contributed by atoms with Gasteiger partial charge in [-0.1, -0.05) is 50.3 Å². The fraction of sp³-hybridized carbons (Fsp3) is 0.625. The van der Waals surface area contributed by atoms with E-state index in [1.54, 1.807) is 0 Å². The van der Waals surface area contributed by atoms with E-state index in [2.05, 4.69) is 77.2 Å². The van der Waals surface area contributed by atoms with Gasteiger partial charge in [-0.05, 0) is 36.9 Å². The Bertz CT molecular complexity index is 661. The first kappa shape index (κ1) is 21.8. The predicted molar refractivity (Wildman–Crippen MR) is 124 cm³/mol. The summed E-state index contributed by atoms with van der Waals surface area (Å²) >= 11 is 0. The molecule has 1 aromatic carbocycles. The Morgan fingerprint density at radius 3 is 2.38 bits per heavy atom. The fourth-order valence-electron chi connectivity index (χ4n) is 4.23. The van der Waals surface area contributed by atoms with E-state index in [9.17, 15) is 0 Å². The first-order valence-electron chi connectivity index (χ1n) is 11.4. The lowest BCUT2D eigenvalue weighted by atomic mass is 10.00. The molecule has 0 aliphatic carbocycles. The normalized spacial score (nSPS) is 20.4. The molecule has 29 heavy (non-hydrogen) atoms. The number of piperazine rings is 1. The summed E-state index contributed by atoms with van der Waals surface area (Å²) in [5, 5.41) is 3.51. The molecule has 2 heterocycles. The highest BCUT2D eigenvalue weighted by atomic mass is 15.3. The number of guanidine groups is 1. The molecule has 1 fully saturated rings. The van der Waals surface area contributed by atoms with Gasteiger partial charge in [-0.25, -0.2) is 0 Å². The number of hydrogen-bond acceptors (Lipinski definition) is 3. The molecule has 3 rings (SSSR count). The van der Waals surface area contributed by atoms with E-state index < -0.39 is 0 Å². The van der Waals surface area contributed by atoms with Crippen LogP contribution in [0, 0.1) is 5.92 Å². The maximum Gasteiger partial charge on any atom is 0.194 e. The Labute approximate surface area is 177 Å². The van der Waals surface area contributed by atoms with Gasteiger partial charge >= 0.3 is 0 Å². The molecular formula is C24H39N5. The second kappa shape index (κ2) is 11.4. The van der Waals surface area contributed by atoms with Gasteiger partial charge in [-0.2, -0.15) is 0 Å².